The van der Waals surface area contributed by atoms with Gasteiger partial charge >= 0.3 is 6.09 Å². The van der Waals surface area contributed by atoms with Gasteiger partial charge in [0.2, 0.25) is 5.91 Å². The molecule has 21 nitrogen and oxygen atoms in total. The highest BCUT2D eigenvalue weighted by Gasteiger charge is 2.37. The van der Waals surface area contributed by atoms with Crippen LogP contribution in [0, 0.1) is 0 Å². The summed E-state index contributed by atoms with van der Waals surface area (Å²) in [7, 11) is 6.51. The number of methoxy groups -OCH3 is 4. The van der Waals surface area contributed by atoms with Crippen molar-refractivity contribution < 1.29 is 43.1 Å². The van der Waals surface area contributed by atoms with Crippen LogP contribution >= 0.6 is 35.4 Å². The van der Waals surface area contributed by atoms with Crippen LogP contribution in [0.3, 0.4) is 0 Å². The van der Waals surface area contributed by atoms with Crippen LogP contribution in [0.2, 0.25) is 10.0 Å². The predicted octanol–water partition coefficient (Wildman–Crippen LogP) is 21.9. The SMILES string of the molecule is CC(=O)Nc1ccc(C2NCCc3c2[nH]c2ccc(Cl)cc32)cc1.COC(=O)N1CCc2c([nH]c3ccc(OCc4ccccc4)cc23)C1c1ccccc1.COCCNC(=S)N1CCc2c([nH]c3ccccc23)C1c1ccc(OC)cc1.COc1ccc(C2NCCc3c2[nH]c2ccc(OCc4ccccc4)cc32)cc1.Oc1cccc(C2NCCc3c2[nH]c2ccc(Cl)cc32)c1. The summed E-state index contributed by atoms with van der Waals surface area (Å²) in [5.41, 5.74) is 27.0. The van der Waals surface area contributed by atoms with Crippen molar-refractivity contribution in [2.45, 2.75) is 82.5 Å². The first-order valence-electron chi connectivity index (χ1n) is 45.0. The average Bonchev–Trinajstić information content (AvgIpc) is 1.62. The van der Waals surface area contributed by atoms with E-state index < -0.39 is 0 Å². The number of rotatable bonds is 17. The van der Waals surface area contributed by atoms with E-state index in [1.807, 2.05) is 158 Å². The van der Waals surface area contributed by atoms with Gasteiger partial charge in [0.25, 0.3) is 0 Å². The summed E-state index contributed by atoms with van der Waals surface area (Å²) in [5.74, 6) is 3.70. The number of phenolic OH excluding ortho intramolecular Hbond substituents is 1. The number of nitrogens with one attached hydrogen (secondary N) is 10. The Morgan fingerprint density at radius 1 is 0.406 bits per heavy atom. The summed E-state index contributed by atoms with van der Waals surface area (Å²) >= 11 is 18.0. The Hall–Kier alpha value is -13.8. The fraction of sp³-hybridized carbons (Fsp3) is 0.220. The number of benzene rings is 12. The van der Waals surface area contributed by atoms with E-state index in [2.05, 4.69) is 178 Å². The minimum Gasteiger partial charge on any atom is -0.508 e. The summed E-state index contributed by atoms with van der Waals surface area (Å²) in [5, 5.41) is 35.0. The maximum atomic E-state index is 12.5. The molecule has 0 fully saturated rings. The van der Waals surface area contributed by atoms with Crippen LogP contribution in [0.5, 0.6) is 28.7 Å². The lowest BCUT2D eigenvalue weighted by molar-refractivity contribution is -0.114. The lowest BCUT2D eigenvalue weighted by Crippen LogP contribution is -2.46. The number of nitrogens with zero attached hydrogens (tertiary/aromatic N) is 2. The quantitative estimate of drug-likeness (QED) is 0.0299. The third kappa shape index (κ3) is 20.0. The molecular weight excluding hydrogens is 1720 g/mol. The van der Waals surface area contributed by atoms with Gasteiger partial charge in [-0.05, 0) is 238 Å². The van der Waals surface area contributed by atoms with Crippen molar-refractivity contribution in [1.82, 2.24) is 56.0 Å². The number of para-hydroxylation sites is 1. The molecule has 11 N–H and O–H groups in total. The monoisotopic (exact) mass is 1830 g/mol. The van der Waals surface area contributed by atoms with Crippen LogP contribution in [-0.4, -0.2) is 131 Å². The lowest BCUT2D eigenvalue weighted by atomic mass is 9.92. The molecule has 5 aliphatic rings. The Morgan fingerprint density at radius 2 is 0.805 bits per heavy atom. The number of thiocarbonyl (C=S) groups is 1. The molecule has 0 saturated heterocycles. The second-order valence-corrected chi connectivity index (χ2v) is 34.9. The van der Waals surface area contributed by atoms with Gasteiger partial charge in [-0.25, -0.2) is 4.79 Å². The van der Waals surface area contributed by atoms with E-state index in [1.54, 1.807) is 32.3 Å². The van der Waals surface area contributed by atoms with Crippen LogP contribution in [0.25, 0.3) is 54.5 Å². The molecule has 676 valence electrons. The van der Waals surface area contributed by atoms with Crippen molar-refractivity contribution in [3.63, 3.8) is 0 Å². The first kappa shape index (κ1) is 89.8. The molecule has 0 saturated carbocycles. The highest BCUT2D eigenvalue weighted by atomic mass is 35.5. The molecule has 0 radical (unpaired) electrons. The van der Waals surface area contributed by atoms with E-state index in [1.165, 1.54) is 114 Å². The number of carbonyl (C=O) groups is 2. The summed E-state index contributed by atoms with van der Waals surface area (Å²) in [6, 6.07) is 95.5. The molecule has 0 bridgehead atoms. The van der Waals surface area contributed by atoms with E-state index in [4.69, 9.17) is 63.8 Å². The van der Waals surface area contributed by atoms with Crippen LogP contribution < -0.4 is 45.5 Å². The van der Waals surface area contributed by atoms with Crippen LogP contribution in [0.15, 0.2) is 285 Å². The van der Waals surface area contributed by atoms with Gasteiger partial charge in [-0.2, -0.15) is 0 Å². The van der Waals surface area contributed by atoms with Crippen LogP contribution in [0.4, 0.5) is 10.5 Å². The van der Waals surface area contributed by atoms with Crippen molar-refractivity contribution in [2.24, 2.45) is 0 Å². The van der Waals surface area contributed by atoms with Gasteiger partial charge < -0.3 is 89.9 Å². The Labute approximate surface area is 787 Å². The zero-order valence-corrected chi connectivity index (χ0v) is 77.0. The Balaban J connectivity index is 0.000000112. The molecule has 24 heteroatoms. The molecule has 133 heavy (non-hydrogen) atoms. The lowest BCUT2D eigenvalue weighted by Gasteiger charge is -2.38. The third-order valence-electron chi connectivity index (χ3n) is 25.4. The highest BCUT2D eigenvalue weighted by Crippen LogP contribution is 2.44. The molecule has 17 aromatic rings. The highest BCUT2D eigenvalue weighted by molar-refractivity contribution is 7.80. The summed E-state index contributed by atoms with van der Waals surface area (Å²) in [6.07, 6.45) is 4.37. The molecule has 5 aliphatic heterocycles. The van der Waals surface area contributed by atoms with E-state index in [0.717, 1.165) is 152 Å². The fourth-order valence-corrected chi connectivity index (χ4v) is 19.7. The van der Waals surface area contributed by atoms with Gasteiger partial charge in [-0.15, -0.1) is 0 Å². The molecule has 0 spiro atoms. The van der Waals surface area contributed by atoms with E-state index >= 15 is 0 Å². The minimum absolute atomic E-state index is 0.0320. The Bertz CT molecular complexity index is 6950. The topological polar surface area (TPSA) is 255 Å². The van der Waals surface area contributed by atoms with Gasteiger partial charge in [0.15, 0.2) is 5.11 Å². The summed E-state index contributed by atoms with van der Waals surface area (Å²) in [6.45, 7) is 8.18. The predicted molar refractivity (Wildman–Crippen MR) is 534 cm³/mol. The first-order chi connectivity index (χ1) is 65.1. The summed E-state index contributed by atoms with van der Waals surface area (Å²) < 4.78 is 33.0. The van der Waals surface area contributed by atoms with Gasteiger partial charge in [0.05, 0.1) is 52.1 Å². The van der Waals surface area contributed by atoms with Gasteiger partial charge in [-0.1, -0.05) is 181 Å². The molecule has 5 unspecified atom stereocenters. The number of ether oxygens (including phenoxy) is 6. The zero-order valence-electron chi connectivity index (χ0n) is 74.7. The maximum Gasteiger partial charge on any atom is 0.410 e. The number of phenols is 1. The maximum absolute atomic E-state index is 12.5. The molecule has 22 rings (SSSR count). The van der Waals surface area contributed by atoms with Crippen molar-refractivity contribution in [3.8, 4) is 28.7 Å². The Kier molecular flexibility index (Phi) is 27.9. The molecule has 2 amide bonds. The number of hydrogen-bond donors (Lipinski definition) is 11. The average molecular weight is 1830 g/mol. The number of halogens is 2. The largest absolute Gasteiger partial charge is 0.508 e. The second-order valence-electron chi connectivity index (χ2n) is 33.6. The molecule has 0 aliphatic carbocycles. The number of aromatic amines is 5. The number of carbonyl (C=O) groups excluding carboxylic acids is 2. The molecule has 10 heterocycles. The number of anilines is 1. The normalized spacial score (nSPS) is 16.3. The van der Waals surface area contributed by atoms with Crippen LogP contribution in [0.1, 0.15) is 132 Å². The number of amides is 2. The first-order valence-corrected chi connectivity index (χ1v) is 46.2. The third-order valence-corrected chi connectivity index (χ3v) is 26.2. The van der Waals surface area contributed by atoms with Crippen molar-refractivity contribution in [3.05, 3.63) is 390 Å². The summed E-state index contributed by atoms with van der Waals surface area (Å²) in [4.78, 5) is 45.7. The molecule has 5 aromatic heterocycles. The van der Waals surface area contributed by atoms with E-state index in [0.29, 0.717) is 38.7 Å². The Morgan fingerprint density at radius 3 is 1.29 bits per heavy atom. The van der Waals surface area contributed by atoms with E-state index in [9.17, 15) is 14.7 Å². The van der Waals surface area contributed by atoms with E-state index in [-0.39, 0.29) is 42.2 Å². The second kappa shape index (κ2) is 41.3. The zero-order chi connectivity index (χ0) is 91.4. The smallest absolute Gasteiger partial charge is 0.410 e. The number of hydrogen-bond acceptors (Lipinski definition) is 13. The number of aromatic nitrogens is 5. The molecule has 12 aromatic carbocycles. The van der Waals surface area contributed by atoms with Crippen LogP contribution in [-0.2, 0) is 59.6 Å². The molecule has 5 atom stereocenters. The minimum atomic E-state index is -0.315. The van der Waals surface area contributed by atoms with Crippen molar-refractivity contribution in [1.29, 1.82) is 0 Å². The standard InChI is InChI=1S/C26H24N2O3.C25H24N2O2.C22H25N3O2S.C19H18ClN3O.C17H15ClN2O/c1-30-26(29)28-15-14-21-22-16-20(31-17-18-8-4-2-5-9-18)12-13-23(22)27-24(21)25(28)19-10-6-3-7-11-19;1-28-19-9-7-18(8-10-19)24-25-21(13-14-26-24)22-15-20(11-12-23(22)27-25)29-16-17-5-3-2-4-6-17;1-26-14-12-23-22(28)25-13-11-18-17-5-3-4-6-19(17)24-20(18)21(25)15-7-9-16(27-2)10-8-15;1-11(24)22-14-5-2-12(3-6-14)18-19-15(8-9-21-18)16-10-13(20)4-7-17(16)23-19;18-11-4-5-15-14(9-11)13-6-7-19-16(17(13)20-15)10-2-1-3-12(21)8-10/h2-13,16,25,27H,14-15,17H2,1H3;2-12,15,24,26-27H,13-14,16H2,1H3;3-10,21,24H,11-14H2,1-2H3,(H,23,28);2-7,10,18,21,23H,8-9H2,1H3,(H,22,24);1-5,8-9,16,19-21H,6-7H2. The molecular formula is C109H106Cl2N12O9S. The van der Waals surface area contributed by atoms with Gasteiger partial charge in [0.1, 0.15) is 48.0 Å². The van der Waals surface area contributed by atoms with Gasteiger partial charge in [0, 0.05) is 152 Å². The van der Waals surface area contributed by atoms with Crippen molar-refractivity contribution in [2.75, 3.05) is 79.6 Å². The fourth-order valence-electron chi connectivity index (χ4n) is 19.1. The van der Waals surface area contributed by atoms with Crippen molar-refractivity contribution >= 4 is 113 Å². The number of H-pyrrole nitrogens is 5. The van der Waals surface area contributed by atoms with Gasteiger partial charge in [-0.3, -0.25) is 9.69 Å². The number of aromatic hydroxyl groups is 1. The number of fused-ring (bicyclic) bond motifs is 15.